The van der Waals surface area contributed by atoms with Gasteiger partial charge >= 0.3 is 5.97 Å². The fraction of sp³-hybridized carbons (Fsp3) is 0.308. The van der Waals surface area contributed by atoms with Crippen LogP contribution in [0.3, 0.4) is 0 Å². The molecule has 5 nitrogen and oxygen atoms in total. The van der Waals surface area contributed by atoms with E-state index in [0.717, 1.165) is 0 Å². The Morgan fingerprint density at radius 2 is 1.68 bits per heavy atom. The molecule has 0 radical (unpaired) electrons. The number of benzene rings is 1. The molecule has 6 heteroatoms. The third-order valence-electron chi connectivity index (χ3n) is 2.71. The molecule has 1 heterocycles. The third-order valence-corrected chi connectivity index (χ3v) is 2.98. The molecule has 0 unspecified atom stereocenters. The van der Waals surface area contributed by atoms with E-state index in [0.29, 0.717) is 23.8 Å². The molecule has 0 N–H and O–H groups in total. The van der Waals surface area contributed by atoms with E-state index in [1.54, 1.807) is 12.1 Å². The van der Waals surface area contributed by atoms with Gasteiger partial charge in [-0.2, -0.15) is 0 Å². The van der Waals surface area contributed by atoms with Crippen molar-refractivity contribution < 1.29 is 19.2 Å². The van der Waals surface area contributed by atoms with Gasteiger partial charge in [0.15, 0.2) is 0 Å². The number of carbonyl (C=O) groups is 3. The van der Waals surface area contributed by atoms with Crippen molar-refractivity contribution in [3.05, 3.63) is 35.4 Å². The lowest BCUT2D eigenvalue weighted by Crippen LogP contribution is -2.32. The van der Waals surface area contributed by atoms with Gasteiger partial charge in [-0.15, -0.1) is 11.6 Å². The Morgan fingerprint density at radius 3 is 2.21 bits per heavy atom. The minimum atomic E-state index is -0.611. The lowest BCUT2D eigenvalue weighted by molar-refractivity contribution is -0.168. The first-order valence-corrected chi connectivity index (χ1v) is 6.43. The Kier molecular flexibility index (Phi) is 4.16. The Hall–Kier alpha value is -1.88. The van der Waals surface area contributed by atoms with Gasteiger partial charge in [-0.25, -0.2) is 4.79 Å². The summed E-state index contributed by atoms with van der Waals surface area (Å²) in [6, 6.07) is 6.35. The molecule has 0 saturated carbocycles. The maximum Gasteiger partial charge on any atom is 0.333 e. The molecule has 0 aromatic heterocycles. The highest BCUT2D eigenvalue weighted by Gasteiger charge is 2.38. The third kappa shape index (κ3) is 2.76. The van der Waals surface area contributed by atoms with Gasteiger partial charge in [-0.3, -0.25) is 9.59 Å². The second-order valence-corrected chi connectivity index (χ2v) is 4.44. The summed E-state index contributed by atoms with van der Waals surface area (Å²) in [5.41, 5.74) is 0.502. The molecule has 0 aliphatic carbocycles. The highest BCUT2D eigenvalue weighted by molar-refractivity contribution is 6.20. The fourth-order valence-corrected chi connectivity index (χ4v) is 1.95. The van der Waals surface area contributed by atoms with E-state index >= 15 is 0 Å². The zero-order chi connectivity index (χ0) is 13.8. The molecule has 19 heavy (non-hydrogen) atoms. The SMILES string of the molecule is O=C(CCCCCl)ON1C(=O)c2ccccc2C1=O. The first-order chi connectivity index (χ1) is 9.15. The van der Waals surface area contributed by atoms with Crippen LogP contribution < -0.4 is 0 Å². The second kappa shape index (κ2) is 5.84. The Balaban J connectivity index is 2.02. The van der Waals surface area contributed by atoms with Gasteiger partial charge in [-0.05, 0) is 25.0 Å². The Bertz CT molecular complexity index is 494. The molecule has 2 amide bonds. The van der Waals surface area contributed by atoms with E-state index in [1.807, 2.05) is 0 Å². The number of hydrogen-bond donors (Lipinski definition) is 0. The summed E-state index contributed by atoms with van der Waals surface area (Å²) < 4.78 is 0. The number of nitrogens with zero attached hydrogens (tertiary/aromatic N) is 1. The molecule has 2 rings (SSSR count). The summed E-state index contributed by atoms with van der Waals surface area (Å²) in [5, 5.41) is 0.522. The van der Waals surface area contributed by atoms with Crippen LogP contribution in [0.2, 0.25) is 0 Å². The number of amides is 2. The van der Waals surface area contributed by atoms with E-state index in [-0.39, 0.29) is 17.5 Å². The van der Waals surface area contributed by atoms with Gasteiger partial charge in [0.05, 0.1) is 11.1 Å². The molecule has 0 saturated heterocycles. The van der Waals surface area contributed by atoms with Crippen LogP contribution in [0.1, 0.15) is 40.0 Å². The molecule has 1 aliphatic heterocycles. The lowest BCUT2D eigenvalue weighted by atomic mass is 10.1. The number of imide groups is 1. The minimum absolute atomic E-state index is 0.125. The van der Waals surface area contributed by atoms with Gasteiger partial charge in [0.2, 0.25) is 0 Å². The van der Waals surface area contributed by atoms with Crippen molar-refractivity contribution in [2.45, 2.75) is 19.3 Å². The number of rotatable bonds is 5. The van der Waals surface area contributed by atoms with Gasteiger partial charge in [0, 0.05) is 12.3 Å². The molecule has 1 aromatic rings. The van der Waals surface area contributed by atoms with E-state index in [4.69, 9.17) is 16.4 Å². The smallest absolute Gasteiger partial charge is 0.330 e. The van der Waals surface area contributed by atoms with Crippen molar-refractivity contribution in [2.24, 2.45) is 0 Å². The van der Waals surface area contributed by atoms with Crippen LogP contribution in [0.5, 0.6) is 0 Å². The number of hydroxylamine groups is 2. The van der Waals surface area contributed by atoms with Crippen molar-refractivity contribution in [2.75, 3.05) is 5.88 Å². The van der Waals surface area contributed by atoms with Gasteiger partial charge in [-0.1, -0.05) is 17.2 Å². The maximum absolute atomic E-state index is 11.9. The van der Waals surface area contributed by atoms with Crippen LogP contribution in [0.4, 0.5) is 0 Å². The molecule has 100 valence electrons. The Labute approximate surface area is 115 Å². The summed E-state index contributed by atoms with van der Waals surface area (Å²) >= 11 is 5.49. The largest absolute Gasteiger partial charge is 0.333 e. The van der Waals surface area contributed by atoms with Gasteiger partial charge in [0.1, 0.15) is 0 Å². The maximum atomic E-state index is 11.9. The summed E-state index contributed by atoms with van der Waals surface area (Å²) in [7, 11) is 0. The van der Waals surface area contributed by atoms with Crippen LogP contribution in [0.25, 0.3) is 0 Å². The summed E-state index contributed by atoms with van der Waals surface area (Å²) in [4.78, 5) is 40.1. The lowest BCUT2D eigenvalue weighted by Gasteiger charge is -2.12. The number of halogens is 1. The molecular weight excluding hydrogens is 270 g/mol. The van der Waals surface area contributed by atoms with Crippen molar-refractivity contribution in [1.82, 2.24) is 5.06 Å². The first kappa shape index (κ1) is 13.5. The first-order valence-electron chi connectivity index (χ1n) is 5.89. The van der Waals surface area contributed by atoms with Crippen molar-refractivity contribution in [1.29, 1.82) is 0 Å². The van der Waals surface area contributed by atoms with E-state index < -0.39 is 17.8 Å². The summed E-state index contributed by atoms with van der Waals surface area (Å²) in [6.07, 6.45) is 1.37. The average molecular weight is 282 g/mol. The predicted molar refractivity (Wildman–Crippen MR) is 67.6 cm³/mol. The van der Waals surface area contributed by atoms with Gasteiger partial charge in [0.25, 0.3) is 11.8 Å². The minimum Gasteiger partial charge on any atom is -0.330 e. The van der Waals surface area contributed by atoms with E-state index in [2.05, 4.69) is 0 Å². The van der Waals surface area contributed by atoms with Crippen LogP contribution >= 0.6 is 11.6 Å². The van der Waals surface area contributed by atoms with E-state index in [9.17, 15) is 14.4 Å². The standard InChI is InChI=1S/C13H12ClNO4/c14-8-4-3-7-11(16)19-15-12(17)9-5-1-2-6-10(9)13(15)18/h1-2,5-6H,3-4,7-8H2. The van der Waals surface area contributed by atoms with Crippen molar-refractivity contribution >= 4 is 29.4 Å². The second-order valence-electron chi connectivity index (χ2n) is 4.06. The Morgan fingerprint density at radius 1 is 1.11 bits per heavy atom. The molecule has 0 bridgehead atoms. The average Bonchev–Trinajstić information content (AvgIpc) is 2.65. The van der Waals surface area contributed by atoms with Crippen LogP contribution in [0.15, 0.2) is 24.3 Å². The molecule has 0 fully saturated rings. The molecule has 0 atom stereocenters. The number of unbranched alkanes of at least 4 members (excludes halogenated alkanes) is 1. The van der Waals surface area contributed by atoms with E-state index in [1.165, 1.54) is 12.1 Å². The molecule has 1 aliphatic rings. The normalized spacial score (nSPS) is 13.6. The molecular formula is C13H12ClNO4. The van der Waals surface area contributed by atoms with Crippen molar-refractivity contribution in [3.63, 3.8) is 0 Å². The molecule has 1 aromatic carbocycles. The highest BCUT2D eigenvalue weighted by Crippen LogP contribution is 2.22. The topological polar surface area (TPSA) is 63.7 Å². The summed E-state index contributed by atoms with van der Waals surface area (Å²) in [5.74, 6) is -1.36. The fourth-order valence-electron chi connectivity index (χ4n) is 1.76. The van der Waals surface area contributed by atoms with Crippen molar-refractivity contribution in [3.8, 4) is 0 Å². The quantitative estimate of drug-likeness (QED) is 0.471. The number of hydrogen-bond acceptors (Lipinski definition) is 4. The summed E-state index contributed by atoms with van der Waals surface area (Å²) in [6.45, 7) is 0. The molecule has 0 spiro atoms. The highest BCUT2D eigenvalue weighted by atomic mass is 35.5. The zero-order valence-corrected chi connectivity index (χ0v) is 10.9. The number of carbonyl (C=O) groups excluding carboxylic acids is 3. The van der Waals surface area contributed by atoms with Crippen LogP contribution in [0, 0.1) is 0 Å². The zero-order valence-electron chi connectivity index (χ0n) is 10.1. The van der Waals surface area contributed by atoms with Crippen LogP contribution in [-0.2, 0) is 9.63 Å². The monoisotopic (exact) mass is 281 g/mol. The van der Waals surface area contributed by atoms with Crippen LogP contribution in [-0.4, -0.2) is 28.7 Å². The van der Waals surface area contributed by atoms with Gasteiger partial charge < -0.3 is 4.84 Å². The number of fused-ring (bicyclic) bond motifs is 1. The predicted octanol–water partition coefficient (Wildman–Crippen LogP) is 2.15. The number of alkyl halides is 1.